The Kier molecular flexibility index (Phi) is 5.47. The normalized spacial score (nSPS) is 10.4. The molecule has 1 amide bonds. The van der Waals surface area contributed by atoms with Gasteiger partial charge in [-0.25, -0.2) is 0 Å². The number of hydrogen-bond acceptors (Lipinski definition) is 3. The van der Waals surface area contributed by atoms with Crippen LogP contribution >= 0.6 is 11.6 Å². The third kappa shape index (κ3) is 4.30. The summed E-state index contributed by atoms with van der Waals surface area (Å²) in [5.74, 6) is -0.963. The zero-order valence-corrected chi connectivity index (χ0v) is 15.2. The molecular formula is C20H17ClN2O4. The number of nitrogens with one attached hydrogen (secondary N) is 1. The quantitative estimate of drug-likeness (QED) is 0.672. The van der Waals surface area contributed by atoms with Crippen molar-refractivity contribution in [3.8, 4) is 11.4 Å². The van der Waals surface area contributed by atoms with Gasteiger partial charge in [-0.2, -0.15) is 0 Å². The zero-order chi connectivity index (χ0) is 19.4. The molecule has 0 aliphatic rings. The van der Waals surface area contributed by atoms with Crippen molar-refractivity contribution in [1.29, 1.82) is 0 Å². The lowest BCUT2D eigenvalue weighted by Gasteiger charge is -2.14. The van der Waals surface area contributed by atoms with Crippen molar-refractivity contribution in [2.24, 2.45) is 0 Å². The van der Waals surface area contributed by atoms with Gasteiger partial charge in [0.1, 0.15) is 5.75 Å². The summed E-state index contributed by atoms with van der Waals surface area (Å²) in [6.07, 6.45) is 3.56. The van der Waals surface area contributed by atoms with Crippen LogP contribution in [0.1, 0.15) is 15.9 Å². The van der Waals surface area contributed by atoms with Crippen LogP contribution in [-0.4, -0.2) is 28.7 Å². The van der Waals surface area contributed by atoms with Crippen LogP contribution in [0.3, 0.4) is 0 Å². The van der Waals surface area contributed by atoms with Crippen LogP contribution in [0, 0.1) is 0 Å². The molecule has 0 aliphatic heterocycles. The van der Waals surface area contributed by atoms with E-state index in [1.54, 1.807) is 36.4 Å². The molecule has 0 fully saturated rings. The van der Waals surface area contributed by atoms with Crippen molar-refractivity contribution >= 4 is 29.2 Å². The molecule has 3 aromatic rings. The number of aliphatic carboxylic acids is 1. The number of hydrogen-bond donors (Lipinski definition) is 2. The first-order chi connectivity index (χ1) is 13.0. The minimum Gasteiger partial charge on any atom is -0.496 e. The van der Waals surface area contributed by atoms with E-state index in [9.17, 15) is 9.59 Å². The molecule has 0 spiro atoms. The highest BCUT2D eigenvalue weighted by Gasteiger charge is 2.17. The molecule has 0 aliphatic carbocycles. The molecule has 0 saturated heterocycles. The molecule has 0 atom stereocenters. The molecule has 3 rings (SSSR count). The lowest BCUT2D eigenvalue weighted by molar-refractivity contribution is -0.136. The molecule has 0 radical (unpaired) electrons. The average molecular weight is 385 g/mol. The second-order valence-corrected chi connectivity index (χ2v) is 6.23. The monoisotopic (exact) mass is 384 g/mol. The fourth-order valence-electron chi connectivity index (χ4n) is 2.71. The molecule has 1 aromatic heterocycles. The first-order valence-corrected chi connectivity index (χ1v) is 8.48. The summed E-state index contributed by atoms with van der Waals surface area (Å²) >= 11 is 6.36. The van der Waals surface area contributed by atoms with E-state index in [4.69, 9.17) is 21.4 Å². The van der Waals surface area contributed by atoms with Gasteiger partial charge in [-0.3, -0.25) is 9.59 Å². The largest absolute Gasteiger partial charge is 0.496 e. The van der Waals surface area contributed by atoms with Crippen molar-refractivity contribution in [2.45, 2.75) is 6.42 Å². The summed E-state index contributed by atoms with van der Waals surface area (Å²) in [6, 6.07) is 13.7. The van der Waals surface area contributed by atoms with E-state index in [1.807, 2.05) is 29.1 Å². The summed E-state index contributed by atoms with van der Waals surface area (Å²) in [7, 11) is 1.48. The van der Waals surface area contributed by atoms with Crippen LogP contribution in [0.4, 0.5) is 5.69 Å². The van der Waals surface area contributed by atoms with Gasteiger partial charge in [-0.05, 0) is 35.9 Å². The maximum Gasteiger partial charge on any atom is 0.307 e. The molecule has 2 aromatic carbocycles. The summed E-state index contributed by atoms with van der Waals surface area (Å²) < 4.78 is 7.19. The molecule has 0 saturated carbocycles. The molecule has 138 valence electrons. The van der Waals surface area contributed by atoms with E-state index in [0.717, 1.165) is 0 Å². The zero-order valence-electron chi connectivity index (χ0n) is 14.5. The van der Waals surface area contributed by atoms with Crippen molar-refractivity contribution < 1.29 is 19.4 Å². The first kappa shape index (κ1) is 18.5. The lowest BCUT2D eigenvalue weighted by atomic mass is 10.1. The number of halogens is 1. The first-order valence-electron chi connectivity index (χ1n) is 8.11. The Morgan fingerprint density at radius 1 is 1.15 bits per heavy atom. The fraction of sp³-hybridized carbons (Fsp3) is 0.100. The molecule has 6 nitrogen and oxygen atoms in total. The fourth-order valence-corrected chi connectivity index (χ4v) is 2.98. The van der Waals surface area contributed by atoms with Crippen LogP contribution < -0.4 is 10.1 Å². The van der Waals surface area contributed by atoms with E-state index < -0.39 is 11.9 Å². The predicted molar refractivity (Wildman–Crippen MR) is 103 cm³/mol. The van der Waals surface area contributed by atoms with Gasteiger partial charge in [0.25, 0.3) is 5.91 Å². The number of amides is 1. The predicted octanol–water partition coefficient (Wildman–Crippen LogP) is 4.02. The van der Waals surface area contributed by atoms with Gasteiger partial charge < -0.3 is 19.7 Å². The highest BCUT2D eigenvalue weighted by molar-refractivity contribution is 6.33. The van der Waals surface area contributed by atoms with E-state index in [-0.39, 0.29) is 12.0 Å². The van der Waals surface area contributed by atoms with Gasteiger partial charge in [0.2, 0.25) is 0 Å². The number of rotatable bonds is 6. The standard InChI is InChI=1S/C20H17ClN2O4/c1-27-18-12-17(23-7-2-3-8-23)16(21)11-15(18)20(26)22-14-6-4-5-13(9-14)10-19(24)25/h2-9,11-12H,10H2,1H3,(H,22,26)(H,24,25). The van der Waals surface area contributed by atoms with Crippen LogP contribution in [0.2, 0.25) is 5.02 Å². The second kappa shape index (κ2) is 7.97. The Morgan fingerprint density at radius 3 is 2.56 bits per heavy atom. The van der Waals surface area contributed by atoms with E-state index >= 15 is 0 Å². The third-order valence-electron chi connectivity index (χ3n) is 3.94. The molecule has 1 heterocycles. The number of ether oxygens (including phenoxy) is 1. The van der Waals surface area contributed by atoms with Crippen molar-refractivity contribution in [2.75, 3.05) is 12.4 Å². The third-order valence-corrected chi connectivity index (χ3v) is 4.24. The Bertz CT molecular complexity index is 984. The minimum atomic E-state index is -0.937. The SMILES string of the molecule is COc1cc(-n2cccc2)c(Cl)cc1C(=O)Nc1cccc(CC(=O)O)c1. The van der Waals surface area contributed by atoms with Gasteiger partial charge in [0.05, 0.1) is 29.8 Å². The highest BCUT2D eigenvalue weighted by atomic mass is 35.5. The van der Waals surface area contributed by atoms with Crippen molar-refractivity contribution in [1.82, 2.24) is 4.57 Å². The van der Waals surface area contributed by atoms with E-state index in [2.05, 4.69) is 5.32 Å². The number of carboxylic acid groups (broad SMARTS) is 1. The lowest BCUT2D eigenvalue weighted by Crippen LogP contribution is -2.14. The second-order valence-electron chi connectivity index (χ2n) is 5.82. The molecular weight excluding hydrogens is 368 g/mol. The molecule has 7 heteroatoms. The smallest absolute Gasteiger partial charge is 0.307 e. The number of carbonyl (C=O) groups excluding carboxylic acids is 1. The summed E-state index contributed by atoms with van der Waals surface area (Å²) in [5.41, 5.74) is 2.06. The maximum absolute atomic E-state index is 12.7. The van der Waals surface area contributed by atoms with Crippen molar-refractivity contribution in [3.63, 3.8) is 0 Å². The number of methoxy groups -OCH3 is 1. The van der Waals surface area contributed by atoms with Gasteiger partial charge >= 0.3 is 5.97 Å². The number of nitrogens with zero attached hydrogens (tertiary/aromatic N) is 1. The number of anilines is 1. The number of carboxylic acids is 1. The molecule has 27 heavy (non-hydrogen) atoms. The topological polar surface area (TPSA) is 80.6 Å². The van der Waals surface area contributed by atoms with Gasteiger partial charge in [0.15, 0.2) is 0 Å². The Balaban J connectivity index is 1.88. The van der Waals surface area contributed by atoms with Gasteiger partial charge in [-0.1, -0.05) is 23.7 Å². The maximum atomic E-state index is 12.7. The summed E-state index contributed by atoms with van der Waals surface area (Å²) in [6.45, 7) is 0. The highest BCUT2D eigenvalue weighted by Crippen LogP contribution is 2.30. The van der Waals surface area contributed by atoms with Crippen molar-refractivity contribution in [3.05, 3.63) is 77.1 Å². The molecule has 2 N–H and O–H groups in total. The number of carbonyl (C=O) groups is 2. The Morgan fingerprint density at radius 2 is 1.89 bits per heavy atom. The summed E-state index contributed by atoms with van der Waals surface area (Å²) in [5, 5.41) is 12.1. The minimum absolute atomic E-state index is 0.121. The van der Waals surface area contributed by atoms with Crippen LogP contribution in [0.25, 0.3) is 5.69 Å². The van der Waals surface area contributed by atoms with Crippen LogP contribution in [0.15, 0.2) is 60.9 Å². The van der Waals surface area contributed by atoms with E-state index in [1.165, 1.54) is 7.11 Å². The van der Waals surface area contributed by atoms with Crippen LogP contribution in [-0.2, 0) is 11.2 Å². The Labute approximate surface area is 161 Å². The molecule has 0 bridgehead atoms. The van der Waals surface area contributed by atoms with E-state index in [0.29, 0.717) is 27.7 Å². The average Bonchev–Trinajstić information content (AvgIpc) is 3.15. The Hall–Kier alpha value is -3.25. The number of aromatic nitrogens is 1. The number of benzene rings is 2. The summed E-state index contributed by atoms with van der Waals surface area (Å²) in [4.78, 5) is 23.6. The van der Waals surface area contributed by atoms with Crippen LogP contribution in [0.5, 0.6) is 5.75 Å². The molecule has 0 unspecified atom stereocenters. The van der Waals surface area contributed by atoms with Gasteiger partial charge in [-0.15, -0.1) is 0 Å². The van der Waals surface area contributed by atoms with Gasteiger partial charge in [0, 0.05) is 24.1 Å².